The summed E-state index contributed by atoms with van der Waals surface area (Å²) in [5.74, 6) is -0.965. The number of aliphatic hydroxyl groups excluding tert-OH is 2. The van der Waals surface area contributed by atoms with Gasteiger partial charge in [-0.2, -0.15) is 0 Å². The van der Waals surface area contributed by atoms with Crippen LogP contribution in [0.25, 0.3) is 5.57 Å². The molecule has 0 amide bonds. The fraction of sp³-hybridized carbons (Fsp3) is 0.385. The number of carbonyl (C=O) groups excluding carboxylic acids is 1. The Morgan fingerprint density at radius 3 is 2.52 bits per heavy atom. The monoisotopic (exact) mass is 356 g/mol. The number of aromatic nitrogens is 1. The van der Waals surface area contributed by atoms with E-state index in [4.69, 9.17) is 5.11 Å². The zero-order valence-electron chi connectivity index (χ0n) is 13.3. The van der Waals surface area contributed by atoms with E-state index in [0.717, 1.165) is 13.3 Å². The van der Waals surface area contributed by atoms with Gasteiger partial charge in [0.2, 0.25) is 0 Å². The van der Waals surface area contributed by atoms with Crippen molar-refractivity contribution in [2.24, 2.45) is 0 Å². The van der Waals surface area contributed by atoms with E-state index in [1.165, 1.54) is 6.92 Å². The van der Waals surface area contributed by atoms with E-state index < -0.39 is 45.6 Å². The van der Waals surface area contributed by atoms with Crippen molar-refractivity contribution in [2.45, 2.75) is 13.0 Å². The molecule has 0 saturated carbocycles. The summed E-state index contributed by atoms with van der Waals surface area (Å²) in [6.45, 7) is 0.691. The molecule has 1 rings (SSSR count). The normalized spacial score (nSPS) is 12.8. The largest absolute Gasteiger partial charge is 0.465 e. The van der Waals surface area contributed by atoms with Crippen LogP contribution in [0.4, 0.5) is 11.4 Å². The van der Waals surface area contributed by atoms with Crippen LogP contribution in [0.15, 0.2) is 18.0 Å². The summed E-state index contributed by atoms with van der Waals surface area (Å²) in [6.07, 6.45) is -0.352. The molecule has 0 fully saturated rings. The summed E-state index contributed by atoms with van der Waals surface area (Å²) in [4.78, 5) is 35.9. The number of hydrogen-bond acceptors (Lipinski definition) is 10. The van der Waals surface area contributed by atoms with Gasteiger partial charge in [-0.25, -0.2) is 9.78 Å². The first kappa shape index (κ1) is 19.9. The van der Waals surface area contributed by atoms with Crippen LogP contribution in [-0.2, 0) is 9.53 Å². The van der Waals surface area contributed by atoms with Crippen LogP contribution in [-0.4, -0.2) is 57.4 Å². The fourth-order valence-corrected chi connectivity index (χ4v) is 1.83. The van der Waals surface area contributed by atoms with Gasteiger partial charge in [0, 0.05) is 12.2 Å². The van der Waals surface area contributed by atoms with E-state index in [9.17, 15) is 30.1 Å². The summed E-state index contributed by atoms with van der Waals surface area (Å²) in [6, 6.07) is 0.682. The van der Waals surface area contributed by atoms with Crippen LogP contribution < -0.4 is 5.32 Å². The molecule has 0 bridgehead atoms. The van der Waals surface area contributed by atoms with Gasteiger partial charge in [0.25, 0.3) is 5.69 Å². The van der Waals surface area contributed by atoms with E-state index in [-0.39, 0.29) is 17.8 Å². The standard InChI is InChI=1S/C13H16N4O8/c1-7(14-5-9(19)6-18)11(13(20)25-2)12-10(17(23)24)3-8(4-15-12)16(21)22/h3-4,9,14,18-19H,5-6H2,1-2H3/b11-7-. The lowest BCUT2D eigenvalue weighted by molar-refractivity contribution is -0.394. The molecule has 0 radical (unpaired) electrons. The Hall–Kier alpha value is -3.12. The number of allylic oxidation sites excluding steroid dienone is 1. The number of esters is 1. The highest BCUT2D eigenvalue weighted by molar-refractivity contribution is 6.17. The van der Waals surface area contributed by atoms with Gasteiger partial charge in [-0.3, -0.25) is 20.2 Å². The Kier molecular flexibility index (Phi) is 6.90. The van der Waals surface area contributed by atoms with Gasteiger partial charge >= 0.3 is 11.7 Å². The second-order valence-corrected chi connectivity index (χ2v) is 4.78. The number of carbonyl (C=O) groups is 1. The summed E-state index contributed by atoms with van der Waals surface area (Å²) < 4.78 is 4.59. The maximum absolute atomic E-state index is 12.0. The molecule has 0 aliphatic heterocycles. The molecule has 0 aliphatic rings. The van der Waals surface area contributed by atoms with Crippen molar-refractivity contribution in [3.63, 3.8) is 0 Å². The minimum absolute atomic E-state index is 0.0730. The summed E-state index contributed by atoms with van der Waals surface area (Å²) in [5.41, 5.74) is -2.04. The number of nitro groups is 2. The first-order valence-electron chi connectivity index (χ1n) is 6.84. The smallest absolute Gasteiger partial charge is 0.342 e. The Balaban J connectivity index is 3.48. The van der Waals surface area contributed by atoms with Crippen molar-refractivity contribution in [3.8, 4) is 0 Å². The molecule has 0 spiro atoms. The lowest BCUT2D eigenvalue weighted by atomic mass is 10.1. The van der Waals surface area contributed by atoms with Crippen molar-refractivity contribution in [3.05, 3.63) is 43.9 Å². The molecular formula is C13H16N4O8. The molecule has 1 heterocycles. The number of nitrogens with one attached hydrogen (secondary N) is 1. The maximum atomic E-state index is 12.0. The molecule has 1 aromatic heterocycles. The molecule has 136 valence electrons. The minimum atomic E-state index is -1.13. The number of nitrogens with zero attached hydrogens (tertiary/aromatic N) is 3. The van der Waals surface area contributed by atoms with Crippen LogP contribution in [0.2, 0.25) is 0 Å². The van der Waals surface area contributed by atoms with Crippen molar-refractivity contribution < 1.29 is 29.6 Å². The van der Waals surface area contributed by atoms with Crippen LogP contribution in [0.3, 0.4) is 0 Å². The third kappa shape index (κ3) is 4.92. The van der Waals surface area contributed by atoms with Crippen LogP contribution in [0.1, 0.15) is 12.6 Å². The minimum Gasteiger partial charge on any atom is -0.465 e. The molecule has 12 nitrogen and oxygen atoms in total. The van der Waals surface area contributed by atoms with Crippen LogP contribution >= 0.6 is 0 Å². The number of ether oxygens (including phenoxy) is 1. The Bertz CT molecular complexity index is 718. The van der Waals surface area contributed by atoms with Crippen LogP contribution in [0.5, 0.6) is 0 Å². The van der Waals surface area contributed by atoms with Gasteiger partial charge in [0.1, 0.15) is 11.8 Å². The third-order valence-electron chi connectivity index (χ3n) is 3.08. The first-order valence-corrected chi connectivity index (χ1v) is 6.84. The lowest BCUT2D eigenvalue weighted by Crippen LogP contribution is -2.29. The summed E-state index contributed by atoms with van der Waals surface area (Å²) >= 11 is 0. The van der Waals surface area contributed by atoms with Gasteiger partial charge in [-0.05, 0) is 6.92 Å². The average molecular weight is 356 g/mol. The zero-order valence-corrected chi connectivity index (χ0v) is 13.3. The fourth-order valence-electron chi connectivity index (χ4n) is 1.83. The van der Waals surface area contributed by atoms with Gasteiger partial charge in [0.05, 0.1) is 35.7 Å². The first-order chi connectivity index (χ1) is 11.7. The molecular weight excluding hydrogens is 340 g/mol. The highest BCUT2D eigenvalue weighted by Gasteiger charge is 2.29. The van der Waals surface area contributed by atoms with Gasteiger partial charge in [-0.1, -0.05) is 0 Å². The number of hydrogen-bond donors (Lipinski definition) is 3. The second kappa shape index (κ2) is 8.65. The Morgan fingerprint density at radius 1 is 1.40 bits per heavy atom. The maximum Gasteiger partial charge on any atom is 0.342 e. The summed E-state index contributed by atoms with van der Waals surface area (Å²) in [7, 11) is 1.05. The molecule has 12 heteroatoms. The van der Waals surface area contributed by atoms with Gasteiger partial charge in [-0.15, -0.1) is 0 Å². The molecule has 3 N–H and O–H groups in total. The third-order valence-corrected chi connectivity index (χ3v) is 3.08. The van der Waals surface area contributed by atoms with E-state index in [1.807, 2.05) is 0 Å². The number of pyridine rings is 1. The predicted octanol–water partition coefficient (Wildman–Crippen LogP) is -0.255. The number of methoxy groups -OCH3 is 1. The number of aliphatic hydroxyl groups is 2. The van der Waals surface area contributed by atoms with E-state index in [2.05, 4.69) is 15.0 Å². The SMILES string of the molecule is COC(=O)/C(=C(/C)NCC(O)CO)c1ncc([N+](=O)[O-])cc1[N+](=O)[O-]. The molecule has 0 saturated heterocycles. The molecule has 0 aliphatic carbocycles. The predicted molar refractivity (Wildman–Crippen MR) is 83.3 cm³/mol. The number of rotatable bonds is 8. The van der Waals surface area contributed by atoms with E-state index in [1.54, 1.807) is 0 Å². The molecule has 0 aromatic carbocycles. The highest BCUT2D eigenvalue weighted by atomic mass is 16.6. The average Bonchev–Trinajstić information content (AvgIpc) is 2.59. The van der Waals surface area contributed by atoms with Crippen molar-refractivity contribution in [1.82, 2.24) is 10.3 Å². The second-order valence-electron chi connectivity index (χ2n) is 4.78. The highest BCUT2D eigenvalue weighted by Crippen LogP contribution is 2.29. The lowest BCUT2D eigenvalue weighted by Gasteiger charge is -2.14. The van der Waals surface area contributed by atoms with Crippen molar-refractivity contribution in [1.29, 1.82) is 0 Å². The summed E-state index contributed by atoms with van der Waals surface area (Å²) in [5, 5.41) is 42.8. The molecule has 25 heavy (non-hydrogen) atoms. The van der Waals surface area contributed by atoms with Gasteiger partial charge < -0.3 is 20.3 Å². The molecule has 1 aromatic rings. The molecule has 1 unspecified atom stereocenters. The van der Waals surface area contributed by atoms with Crippen molar-refractivity contribution >= 4 is 22.9 Å². The Morgan fingerprint density at radius 2 is 2.04 bits per heavy atom. The van der Waals surface area contributed by atoms with E-state index >= 15 is 0 Å². The Labute approximate surface area is 141 Å². The topological polar surface area (TPSA) is 178 Å². The van der Waals surface area contributed by atoms with Crippen molar-refractivity contribution in [2.75, 3.05) is 20.3 Å². The zero-order chi connectivity index (χ0) is 19.1. The van der Waals surface area contributed by atoms with E-state index in [0.29, 0.717) is 6.07 Å². The molecule has 1 atom stereocenters. The van der Waals surface area contributed by atoms with Crippen LogP contribution in [0, 0.1) is 20.2 Å². The van der Waals surface area contributed by atoms with Gasteiger partial charge in [0.15, 0.2) is 5.69 Å². The quantitative estimate of drug-likeness (QED) is 0.243.